The zero-order valence-electron chi connectivity index (χ0n) is 18.0. The molecule has 10 heteroatoms. The Labute approximate surface area is 202 Å². The van der Waals surface area contributed by atoms with E-state index in [2.05, 4.69) is 38.3 Å². The predicted molar refractivity (Wildman–Crippen MR) is 127 cm³/mol. The number of rotatable bonds is 4. The third kappa shape index (κ3) is 4.47. The first-order valence-electron chi connectivity index (χ1n) is 11.1. The lowest BCUT2D eigenvalue weighted by Crippen LogP contribution is -2.51. The molecule has 2 atom stereocenters. The van der Waals surface area contributed by atoms with Crippen LogP contribution in [0.15, 0.2) is 30.5 Å². The molecule has 1 aromatic carbocycles. The van der Waals surface area contributed by atoms with Crippen molar-refractivity contribution in [2.75, 3.05) is 31.1 Å². The normalized spacial score (nSPS) is 24.2. The second-order valence-corrected chi connectivity index (χ2v) is 9.64. The van der Waals surface area contributed by atoms with Gasteiger partial charge in [0.2, 0.25) is 11.8 Å². The number of benzene rings is 1. The maximum Gasteiger partial charge on any atom is 0.243 e. The van der Waals surface area contributed by atoms with Crippen LogP contribution in [0, 0.1) is 5.82 Å². The molecule has 0 saturated carbocycles. The quantitative estimate of drug-likeness (QED) is 0.508. The number of piperidine rings is 1. The number of nitrogens with one attached hydrogen (secondary N) is 1. The number of nitrogens with zero attached hydrogens (tertiary/aromatic N) is 4. The van der Waals surface area contributed by atoms with Crippen LogP contribution in [0.4, 0.5) is 10.2 Å². The molecule has 1 aromatic heterocycles. The summed E-state index contributed by atoms with van der Waals surface area (Å²) in [6.45, 7) is 4.36. The van der Waals surface area contributed by atoms with Crippen molar-refractivity contribution in [3.05, 3.63) is 58.0 Å². The molecule has 2 fully saturated rings. The molecule has 1 N–H and O–H groups in total. The van der Waals surface area contributed by atoms with Crippen molar-refractivity contribution >= 4 is 41.9 Å². The Balaban J connectivity index is 1.22. The van der Waals surface area contributed by atoms with Crippen LogP contribution in [0.25, 0.3) is 0 Å². The third-order valence-corrected chi connectivity index (χ3v) is 7.53. The fourth-order valence-electron chi connectivity index (χ4n) is 4.87. The van der Waals surface area contributed by atoms with Gasteiger partial charge in [-0.1, -0.05) is 29.8 Å². The number of piperazine rings is 1. The van der Waals surface area contributed by atoms with E-state index in [-0.39, 0.29) is 28.3 Å². The molecule has 2 aromatic rings. The highest BCUT2D eigenvalue weighted by Crippen LogP contribution is 2.39. The second-order valence-electron chi connectivity index (χ2n) is 8.74. The molecule has 3 aliphatic rings. The number of fused-ring (bicyclic) bond motifs is 1. The Morgan fingerprint density at radius 1 is 1.18 bits per heavy atom. The van der Waals surface area contributed by atoms with E-state index in [1.807, 2.05) is 4.90 Å². The molecule has 7 nitrogen and oxygen atoms in total. The van der Waals surface area contributed by atoms with Crippen LogP contribution >= 0.6 is 24.2 Å². The van der Waals surface area contributed by atoms with E-state index in [0.717, 1.165) is 30.8 Å². The number of imide groups is 1. The highest BCUT2D eigenvalue weighted by Gasteiger charge is 2.39. The number of aromatic nitrogens is 1. The molecule has 0 radical (unpaired) electrons. The molecular weight excluding hydrogens is 465 g/mol. The van der Waals surface area contributed by atoms with Crippen molar-refractivity contribution < 1.29 is 14.0 Å². The number of halogens is 2. The fraction of sp³-hybridized carbons (Fsp3) is 0.435. The van der Waals surface area contributed by atoms with Gasteiger partial charge in [0, 0.05) is 51.9 Å². The number of hydrogen-bond donors (Lipinski definition) is 2. The van der Waals surface area contributed by atoms with E-state index in [0.29, 0.717) is 38.3 Å². The third-order valence-electron chi connectivity index (χ3n) is 6.67. The molecule has 0 bridgehead atoms. The molecule has 0 aliphatic carbocycles. The van der Waals surface area contributed by atoms with Crippen LogP contribution in [0.2, 0.25) is 5.02 Å². The molecule has 3 aliphatic heterocycles. The van der Waals surface area contributed by atoms with E-state index in [4.69, 9.17) is 24.2 Å². The predicted octanol–water partition coefficient (Wildman–Crippen LogP) is 2.75. The monoisotopic (exact) mass is 489 g/mol. The number of amides is 2. The summed E-state index contributed by atoms with van der Waals surface area (Å²) < 4.78 is 14.3. The van der Waals surface area contributed by atoms with Crippen LogP contribution in [-0.2, 0) is 22.7 Å². The standard InChI is InChI=1S/C23H25ClFN5O2S/c24-17-5-6-26-21(20(17)25)29-9-7-28(8-10-29)12-14-1-2-15-13-30(23(33)16(15)11-14)18-3-4-19(31)27-22(18)32/h1-2,5-6,11,18,23,33H,3-4,7-10,12-13H2,(H,27,31,32). The average Bonchev–Trinajstić information content (AvgIpc) is 3.12. The molecule has 5 rings (SSSR count). The molecule has 2 amide bonds. The lowest BCUT2D eigenvalue weighted by Gasteiger charge is -2.35. The summed E-state index contributed by atoms with van der Waals surface area (Å²) in [5.74, 6) is -0.598. The van der Waals surface area contributed by atoms with E-state index in [9.17, 15) is 14.0 Å². The van der Waals surface area contributed by atoms with Crippen LogP contribution in [0.1, 0.15) is 34.9 Å². The lowest BCUT2D eigenvalue weighted by atomic mass is 10.0. The maximum absolute atomic E-state index is 14.3. The smallest absolute Gasteiger partial charge is 0.243 e. The zero-order valence-corrected chi connectivity index (χ0v) is 19.7. The van der Waals surface area contributed by atoms with Crippen molar-refractivity contribution in [3.63, 3.8) is 0 Å². The maximum atomic E-state index is 14.3. The molecule has 2 saturated heterocycles. The van der Waals surface area contributed by atoms with Gasteiger partial charge in [-0.25, -0.2) is 9.37 Å². The van der Waals surface area contributed by atoms with Crippen molar-refractivity contribution in [1.29, 1.82) is 0 Å². The molecule has 174 valence electrons. The summed E-state index contributed by atoms with van der Waals surface area (Å²) in [6.07, 6.45) is 2.41. The Morgan fingerprint density at radius 2 is 1.97 bits per heavy atom. The van der Waals surface area contributed by atoms with Crippen molar-refractivity contribution in [2.24, 2.45) is 0 Å². The molecule has 4 heterocycles. The Hall–Kier alpha value is -2.20. The van der Waals surface area contributed by atoms with Crippen LogP contribution in [0.3, 0.4) is 0 Å². The number of carbonyl (C=O) groups is 2. The minimum absolute atomic E-state index is 0.0910. The van der Waals surface area contributed by atoms with E-state index >= 15 is 0 Å². The number of pyridine rings is 1. The SMILES string of the molecule is O=C1CCC(N2Cc3ccc(CN4CCN(c5nccc(Cl)c5F)CC4)cc3C2S)C(=O)N1. The highest BCUT2D eigenvalue weighted by molar-refractivity contribution is 7.80. The van der Waals surface area contributed by atoms with Gasteiger partial charge < -0.3 is 4.90 Å². The molecule has 0 spiro atoms. The first-order chi connectivity index (χ1) is 15.9. The van der Waals surface area contributed by atoms with Crippen molar-refractivity contribution in [3.8, 4) is 0 Å². The van der Waals surface area contributed by atoms with Gasteiger partial charge in [-0.3, -0.25) is 24.7 Å². The Kier molecular flexibility index (Phi) is 6.30. The Morgan fingerprint density at radius 3 is 2.73 bits per heavy atom. The Bertz CT molecular complexity index is 1090. The van der Waals surface area contributed by atoms with Gasteiger partial charge in [0.05, 0.1) is 16.4 Å². The fourth-order valence-corrected chi connectivity index (χ4v) is 5.50. The van der Waals surface area contributed by atoms with Gasteiger partial charge in [-0.2, -0.15) is 12.6 Å². The summed E-state index contributed by atoms with van der Waals surface area (Å²) in [5, 5.41) is 2.35. The van der Waals surface area contributed by atoms with Crippen molar-refractivity contribution in [2.45, 2.75) is 37.3 Å². The average molecular weight is 490 g/mol. The summed E-state index contributed by atoms with van der Waals surface area (Å²) in [6, 6.07) is 7.53. The molecule has 33 heavy (non-hydrogen) atoms. The van der Waals surface area contributed by atoms with Crippen molar-refractivity contribution in [1.82, 2.24) is 20.1 Å². The lowest BCUT2D eigenvalue weighted by molar-refractivity contribution is -0.137. The summed E-state index contributed by atoms with van der Waals surface area (Å²) in [5.41, 5.74) is 3.46. The molecular formula is C23H25ClFN5O2S. The minimum Gasteiger partial charge on any atom is -0.352 e. The first kappa shape index (κ1) is 22.6. The number of thiol groups is 1. The highest BCUT2D eigenvalue weighted by atomic mass is 35.5. The summed E-state index contributed by atoms with van der Waals surface area (Å²) in [4.78, 5) is 34.3. The van der Waals surface area contributed by atoms with Gasteiger partial charge in [0.1, 0.15) is 0 Å². The second kappa shape index (κ2) is 9.21. The van der Waals surface area contributed by atoms with Crippen LogP contribution < -0.4 is 10.2 Å². The largest absolute Gasteiger partial charge is 0.352 e. The van der Waals surface area contributed by atoms with Gasteiger partial charge in [-0.15, -0.1) is 0 Å². The van der Waals surface area contributed by atoms with Gasteiger partial charge in [0.25, 0.3) is 0 Å². The van der Waals surface area contributed by atoms with Crippen LogP contribution in [0.5, 0.6) is 0 Å². The van der Waals surface area contributed by atoms with E-state index in [1.54, 1.807) is 0 Å². The topological polar surface area (TPSA) is 68.8 Å². The summed E-state index contributed by atoms with van der Waals surface area (Å²) in [7, 11) is 0. The number of carbonyl (C=O) groups excluding carboxylic acids is 2. The summed E-state index contributed by atoms with van der Waals surface area (Å²) >= 11 is 10.7. The van der Waals surface area contributed by atoms with Crippen LogP contribution in [-0.4, -0.2) is 58.8 Å². The van der Waals surface area contributed by atoms with E-state index in [1.165, 1.54) is 17.8 Å². The zero-order chi connectivity index (χ0) is 23.1. The number of hydrogen-bond acceptors (Lipinski definition) is 7. The van der Waals surface area contributed by atoms with E-state index < -0.39 is 5.82 Å². The number of anilines is 1. The van der Waals surface area contributed by atoms with Gasteiger partial charge >= 0.3 is 0 Å². The van der Waals surface area contributed by atoms with Gasteiger partial charge in [-0.05, 0) is 29.2 Å². The van der Waals surface area contributed by atoms with Gasteiger partial charge in [0.15, 0.2) is 11.6 Å². The molecule has 2 unspecified atom stereocenters. The minimum atomic E-state index is -0.466. The first-order valence-corrected chi connectivity index (χ1v) is 12.0.